The minimum absolute atomic E-state index is 0.0816. The number of hydrogen-bond acceptors (Lipinski definition) is 4. The predicted molar refractivity (Wildman–Crippen MR) is 124 cm³/mol. The zero-order valence-electron chi connectivity index (χ0n) is 17.5. The number of nitrogens with zero attached hydrogens (tertiary/aromatic N) is 4. The second kappa shape index (κ2) is 8.56. The third kappa shape index (κ3) is 4.24. The molecule has 0 bridgehead atoms. The summed E-state index contributed by atoms with van der Waals surface area (Å²) in [5.41, 5.74) is 5.05. The normalized spacial score (nSPS) is 14.1. The predicted octanol–water partition coefficient (Wildman–Crippen LogP) is 4.79. The Morgan fingerprint density at radius 1 is 0.867 bits per heavy atom. The molecule has 0 N–H and O–H groups in total. The molecule has 6 heteroatoms. The van der Waals surface area contributed by atoms with Gasteiger partial charge in [0.15, 0.2) is 5.82 Å². The van der Waals surface area contributed by atoms with Gasteiger partial charge >= 0.3 is 0 Å². The second-order valence-corrected chi connectivity index (χ2v) is 8.65. The zero-order chi connectivity index (χ0) is 21.3. The van der Waals surface area contributed by atoms with Gasteiger partial charge in [0.05, 0.1) is 0 Å². The van der Waals surface area contributed by atoms with Crippen molar-refractivity contribution in [3.8, 4) is 11.4 Å². The van der Waals surface area contributed by atoms with E-state index in [0.29, 0.717) is 13.1 Å². The van der Waals surface area contributed by atoms with Crippen LogP contribution < -0.4 is 4.90 Å². The SMILES string of the molecule is Cc1ccc(-c2nc(C)c(C)c(N3CCN(C(=O)c4ccc(Br)cc4)CC3)n2)cc1. The molecule has 0 atom stereocenters. The summed E-state index contributed by atoms with van der Waals surface area (Å²) < 4.78 is 0.975. The van der Waals surface area contributed by atoms with Crippen LogP contribution in [-0.4, -0.2) is 47.0 Å². The molecule has 4 rings (SSSR count). The van der Waals surface area contributed by atoms with Gasteiger partial charge in [-0.15, -0.1) is 0 Å². The number of carbonyl (C=O) groups is 1. The van der Waals surface area contributed by atoms with Gasteiger partial charge in [0.2, 0.25) is 0 Å². The van der Waals surface area contributed by atoms with Gasteiger partial charge in [0.1, 0.15) is 5.82 Å². The van der Waals surface area contributed by atoms with Crippen molar-refractivity contribution < 1.29 is 4.79 Å². The molecule has 2 heterocycles. The highest BCUT2D eigenvalue weighted by molar-refractivity contribution is 9.10. The third-order valence-corrected chi connectivity index (χ3v) is 6.16. The summed E-state index contributed by atoms with van der Waals surface area (Å²) in [7, 11) is 0. The molecule has 0 unspecified atom stereocenters. The zero-order valence-corrected chi connectivity index (χ0v) is 19.1. The first-order chi connectivity index (χ1) is 14.4. The monoisotopic (exact) mass is 464 g/mol. The van der Waals surface area contributed by atoms with E-state index < -0.39 is 0 Å². The van der Waals surface area contributed by atoms with E-state index >= 15 is 0 Å². The molecule has 1 amide bonds. The molecular weight excluding hydrogens is 440 g/mol. The summed E-state index contributed by atoms with van der Waals surface area (Å²) in [6.07, 6.45) is 0. The van der Waals surface area contributed by atoms with E-state index in [-0.39, 0.29) is 5.91 Å². The van der Waals surface area contributed by atoms with Crippen LogP contribution in [0.3, 0.4) is 0 Å². The lowest BCUT2D eigenvalue weighted by atomic mass is 10.1. The number of rotatable bonds is 3. The fourth-order valence-corrected chi connectivity index (χ4v) is 3.91. The van der Waals surface area contributed by atoms with Crippen molar-refractivity contribution in [2.24, 2.45) is 0 Å². The maximum atomic E-state index is 12.8. The number of aromatic nitrogens is 2. The van der Waals surface area contributed by atoms with Crippen LogP contribution >= 0.6 is 15.9 Å². The highest BCUT2D eigenvalue weighted by Gasteiger charge is 2.24. The van der Waals surface area contributed by atoms with Crippen molar-refractivity contribution in [2.45, 2.75) is 20.8 Å². The number of halogens is 1. The van der Waals surface area contributed by atoms with E-state index in [1.165, 1.54) is 5.56 Å². The van der Waals surface area contributed by atoms with E-state index in [2.05, 4.69) is 58.9 Å². The van der Waals surface area contributed by atoms with Crippen molar-refractivity contribution in [3.05, 3.63) is 75.4 Å². The molecule has 0 radical (unpaired) electrons. The van der Waals surface area contributed by atoms with Crippen LogP contribution in [0.1, 0.15) is 27.2 Å². The molecule has 0 spiro atoms. The Kier molecular flexibility index (Phi) is 5.86. The summed E-state index contributed by atoms with van der Waals surface area (Å²) in [4.78, 5) is 26.6. The molecule has 30 heavy (non-hydrogen) atoms. The number of carbonyl (C=O) groups excluding carboxylic acids is 1. The molecule has 1 aliphatic rings. The van der Waals surface area contributed by atoms with Crippen LogP contribution in [-0.2, 0) is 0 Å². The van der Waals surface area contributed by atoms with Gasteiger partial charge in [-0.3, -0.25) is 4.79 Å². The molecule has 1 aliphatic heterocycles. The standard InChI is InChI=1S/C24H25BrN4O/c1-16-4-6-19(7-5-16)22-26-18(3)17(2)23(27-22)28-12-14-29(15-13-28)24(30)20-8-10-21(25)11-9-20/h4-11H,12-15H2,1-3H3. The fourth-order valence-electron chi connectivity index (χ4n) is 3.65. The van der Waals surface area contributed by atoms with Crippen molar-refractivity contribution in [3.63, 3.8) is 0 Å². The van der Waals surface area contributed by atoms with Crippen molar-refractivity contribution in [1.29, 1.82) is 0 Å². The molecular formula is C24H25BrN4O. The van der Waals surface area contributed by atoms with E-state index in [0.717, 1.165) is 51.6 Å². The Bertz CT molecular complexity index is 1060. The van der Waals surface area contributed by atoms with Gasteiger partial charge in [-0.2, -0.15) is 0 Å². The van der Waals surface area contributed by atoms with Gasteiger partial charge in [-0.05, 0) is 45.0 Å². The van der Waals surface area contributed by atoms with Crippen LogP contribution in [0, 0.1) is 20.8 Å². The first-order valence-electron chi connectivity index (χ1n) is 10.1. The molecule has 5 nitrogen and oxygen atoms in total. The first kappa shape index (κ1) is 20.5. The molecule has 1 aromatic heterocycles. The summed E-state index contributed by atoms with van der Waals surface area (Å²) in [6, 6.07) is 15.8. The van der Waals surface area contributed by atoms with Gasteiger partial charge in [0, 0.05) is 53.0 Å². The molecule has 1 saturated heterocycles. The fraction of sp³-hybridized carbons (Fsp3) is 0.292. The smallest absolute Gasteiger partial charge is 0.253 e. The van der Waals surface area contributed by atoms with E-state index in [1.807, 2.05) is 36.1 Å². The highest BCUT2D eigenvalue weighted by atomic mass is 79.9. The maximum absolute atomic E-state index is 12.8. The molecule has 2 aromatic carbocycles. The van der Waals surface area contributed by atoms with Gasteiger partial charge in [-0.25, -0.2) is 9.97 Å². The highest BCUT2D eigenvalue weighted by Crippen LogP contribution is 2.26. The molecule has 0 saturated carbocycles. The quantitative estimate of drug-likeness (QED) is 0.558. The van der Waals surface area contributed by atoms with Crippen LogP contribution in [0.25, 0.3) is 11.4 Å². The minimum atomic E-state index is 0.0816. The largest absolute Gasteiger partial charge is 0.353 e. The number of piperazine rings is 1. The average Bonchev–Trinajstić information content (AvgIpc) is 2.76. The summed E-state index contributed by atoms with van der Waals surface area (Å²) >= 11 is 3.42. The summed E-state index contributed by atoms with van der Waals surface area (Å²) in [6.45, 7) is 9.05. The molecule has 3 aromatic rings. The lowest BCUT2D eigenvalue weighted by molar-refractivity contribution is 0.0746. The molecule has 154 valence electrons. The van der Waals surface area contributed by atoms with Gasteiger partial charge in [0.25, 0.3) is 5.91 Å². The minimum Gasteiger partial charge on any atom is -0.353 e. The topological polar surface area (TPSA) is 49.3 Å². The van der Waals surface area contributed by atoms with Crippen molar-refractivity contribution in [1.82, 2.24) is 14.9 Å². The Hall–Kier alpha value is -2.73. The Morgan fingerprint density at radius 2 is 1.50 bits per heavy atom. The lowest BCUT2D eigenvalue weighted by Gasteiger charge is -2.36. The summed E-state index contributed by atoms with van der Waals surface area (Å²) in [5.74, 6) is 1.80. The van der Waals surface area contributed by atoms with Gasteiger partial charge in [-0.1, -0.05) is 45.8 Å². The average molecular weight is 465 g/mol. The Morgan fingerprint density at radius 3 is 2.13 bits per heavy atom. The second-order valence-electron chi connectivity index (χ2n) is 7.73. The maximum Gasteiger partial charge on any atom is 0.253 e. The van der Waals surface area contributed by atoms with Crippen LogP contribution in [0.4, 0.5) is 5.82 Å². The van der Waals surface area contributed by atoms with E-state index in [4.69, 9.17) is 9.97 Å². The van der Waals surface area contributed by atoms with E-state index in [9.17, 15) is 4.79 Å². The molecule has 0 aliphatic carbocycles. The first-order valence-corrected chi connectivity index (χ1v) is 10.9. The van der Waals surface area contributed by atoms with Crippen LogP contribution in [0.15, 0.2) is 53.0 Å². The number of benzene rings is 2. The number of hydrogen-bond donors (Lipinski definition) is 0. The number of aryl methyl sites for hydroxylation is 2. The number of amides is 1. The lowest BCUT2D eigenvalue weighted by Crippen LogP contribution is -2.49. The number of anilines is 1. The van der Waals surface area contributed by atoms with Crippen LogP contribution in [0.5, 0.6) is 0 Å². The third-order valence-electron chi connectivity index (χ3n) is 5.63. The Balaban J connectivity index is 1.52. The Labute approximate surface area is 185 Å². The van der Waals surface area contributed by atoms with Crippen molar-refractivity contribution >= 4 is 27.7 Å². The van der Waals surface area contributed by atoms with E-state index in [1.54, 1.807) is 0 Å². The summed E-state index contributed by atoms with van der Waals surface area (Å²) in [5, 5.41) is 0. The van der Waals surface area contributed by atoms with Gasteiger partial charge < -0.3 is 9.80 Å². The molecule has 1 fully saturated rings. The van der Waals surface area contributed by atoms with Crippen molar-refractivity contribution in [2.75, 3.05) is 31.1 Å². The van der Waals surface area contributed by atoms with Crippen LogP contribution in [0.2, 0.25) is 0 Å².